The summed E-state index contributed by atoms with van der Waals surface area (Å²) in [7, 11) is 0. The first-order valence-electron chi connectivity index (χ1n) is 10.9. The van der Waals surface area contributed by atoms with Crippen LogP contribution in [-0.2, 0) is 0 Å². The SMILES string of the molecule is C=C.CCNc1c(C(C)=N)n(-c2ccc(Oc3ccccc3)cc2)c(=O)n1-c1cccc(N)c1. The Balaban J connectivity index is 0.00000158. The fourth-order valence-corrected chi connectivity index (χ4v) is 3.61. The summed E-state index contributed by atoms with van der Waals surface area (Å²) in [5, 5.41) is 11.6. The van der Waals surface area contributed by atoms with Crippen LogP contribution in [0.4, 0.5) is 11.5 Å². The molecule has 0 radical (unpaired) electrons. The molecular weight excluding hydrogens is 426 g/mol. The molecule has 0 saturated carbocycles. The van der Waals surface area contributed by atoms with Gasteiger partial charge in [0, 0.05) is 12.2 Å². The zero-order valence-electron chi connectivity index (χ0n) is 19.4. The Bertz CT molecular complexity index is 1320. The van der Waals surface area contributed by atoms with Crippen molar-refractivity contribution in [1.82, 2.24) is 9.13 Å². The lowest BCUT2D eigenvalue weighted by Gasteiger charge is -2.11. The number of imidazole rings is 1. The molecule has 4 aromatic rings. The second-order valence-electron chi connectivity index (χ2n) is 7.31. The Hall–Kier alpha value is -4.52. The number of hydrogen-bond donors (Lipinski definition) is 3. The lowest BCUT2D eigenvalue weighted by atomic mass is 10.2. The molecule has 174 valence electrons. The van der Waals surface area contributed by atoms with Crippen LogP contribution >= 0.6 is 0 Å². The van der Waals surface area contributed by atoms with Gasteiger partial charge >= 0.3 is 5.69 Å². The standard InChI is InChI=1S/C25H25N5O2.C2H4/c1-3-28-24-23(17(2)26)29(25(31)30(24)20-9-7-8-18(27)16-20)19-12-14-22(15-13-19)32-21-10-5-4-6-11-21;1-2/h4-16,26,28H,3,27H2,1-2H3;1-2H2. The molecule has 0 bridgehead atoms. The van der Waals surface area contributed by atoms with E-state index in [2.05, 4.69) is 18.5 Å². The van der Waals surface area contributed by atoms with Crippen molar-refractivity contribution in [2.75, 3.05) is 17.6 Å². The van der Waals surface area contributed by atoms with Gasteiger partial charge in [-0.1, -0.05) is 24.3 Å². The summed E-state index contributed by atoms with van der Waals surface area (Å²) >= 11 is 0. The van der Waals surface area contributed by atoms with E-state index in [0.717, 1.165) is 5.75 Å². The lowest BCUT2D eigenvalue weighted by Crippen LogP contribution is -2.24. The largest absolute Gasteiger partial charge is 0.457 e. The molecule has 0 unspecified atom stereocenters. The summed E-state index contributed by atoms with van der Waals surface area (Å²) < 4.78 is 8.96. The highest BCUT2D eigenvalue weighted by Crippen LogP contribution is 2.26. The van der Waals surface area contributed by atoms with E-state index >= 15 is 0 Å². The summed E-state index contributed by atoms with van der Waals surface area (Å²) in [6.07, 6.45) is 0. The zero-order valence-corrected chi connectivity index (χ0v) is 19.4. The van der Waals surface area contributed by atoms with Crippen molar-refractivity contribution in [2.24, 2.45) is 0 Å². The minimum Gasteiger partial charge on any atom is -0.457 e. The van der Waals surface area contributed by atoms with Crippen LogP contribution in [0.3, 0.4) is 0 Å². The summed E-state index contributed by atoms with van der Waals surface area (Å²) in [4.78, 5) is 13.6. The Kier molecular flexibility index (Phi) is 7.71. The third-order valence-corrected chi connectivity index (χ3v) is 4.96. The lowest BCUT2D eigenvalue weighted by molar-refractivity contribution is 0.482. The fraction of sp³-hybridized carbons (Fsp3) is 0.111. The molecule has 0 fully saturated rings. The predicted octanol–water partition coefficient (Wildman–Crippen LogP) is 5.62. The Labute approximate surface area is 199 Å². The van der Waals surface area contributed by atoms with E-state index in [9.17, 15) is 4.79 Å². The topological polar surface area (TPSA) is 98.1 Å². The van der Waals surface area contributed by atoms with Crippen LogP contribution in [0.5, 0.6) is 11.5 Å². The maximum atomic E-state index is 13.6. The van der Waals surface area contributed by atoms with Gasteiger partial charge in [0.15, 0.2) is 0 Å². The number of hydrogen-bond acceptors (Lipinski definition) is 5. The Morgan fingerprint density at radius 3 is 2.18 bits per heavy atom. The molecule has 0 spiro atoms. The number of nitrogen functional groups attached to an aromatic ring is 1. The molecule has 4 N–H and O–H groups in total. The fourth-order valence-electron chi connectivity index (χ4n) is 3.61. The van der Waals surface area contributed by atoms with E-state index in [4.69, 9.17) is 15.9 Å². The van der Waals surface area contributed by atoms with E-state index < -0.39 is 0 Å². The van der Waals surface area contributed by atoms with Crippen LogP contribution in [0.1, 0.15) is 19.5 Å². The van der Waals surface area contributed by atoms with Crippen LogP contribution in [0, 0.1) is 5.41 Å². The molecule has 0 saturated heterocycles. The van der Waals surface area contributed by atoms with Crippen molar-refractivity contribution in [3.63, 3.8) is 0 Å². The molecule has 0 aliphatic carbocycles. The Morgan fingerprint density at radius 1 is 0.941 bits per heavy atom. The second kappa shape index (κ2) is 10.9. The van der Waals surface area contributed by atoms with Crippen LogP contribution in [0.2, 0.25) is 0 Å². The minimum absolute atomic E-state index is 0.269. The van der Waals surface area contributed by atoms with Gasteiger partial charge in [-0.2, -0.15) is 0 Å². The van der Waals surface area contributed by atoms with Crippen molar-refractivity contribution in [3.05, 3.63) is 108 Å². The zero-order chi connectivity index (χ0) is 24.7. The molecule has 0 amide bonds. The number of rotatable bonds is 7. The van der Waals surface area contributed by atoms with E-state index in [1.807, 2.05) is 67.6 Å². The normalized spacial score (nSPS) is 10.2. The third-order valence-electron chi connectivity index (χ3n) is 4.96. The van der Waals surface area contributed by atoms with Crippen molar-refractivity contribution < 1.29 is 4.74 Å². The van der Waals surface area contributed by atoms with Gasteiger partial charge < -0.3 is 21.2 Å². The maximum Gasteiger partial charge on any atom is 0.339 e. The van der Waals surface area contributed by atoms with Gasteiger partial charge in [0.25, 0.3) is 0 Å². The first-order valence-corrected chi connectivity index (χ1v) is 10.9. The number of aromatic nitrogens is 2. The number of nitrogens with one attached hydrogen (secondary N) is 2. The average Bonchev–Trinajstić information content (AvgIpc) is 3.14. The number of anilines is 2. The highest BCUT2D eigenvalue weighted by molar-refractivity contribution is 6.00. The number of benzene rings is 3. The van der Waals surface area contributed by atoms with Gasteiger partial charge in [-0.25, -0.2) is 9.36 Å². The monoisotopic (exact) mass is 455 g/mol. The minimum atomic E-state index is -0.287. The van der Waals surface area contributed by atoms with Crippen molar-refractivity contribution in [2.45, 2.75) is 13.8 Å². The van der Waals surface area contributed by atoms with Gasteiger partial charge in [0.1, 0.15) is 23.0 Å². The van der Waals surface area contributed by atoms with Crippen LogP contribution in [0.15, 0.2) is 96.8 Å². The predicted molar refractivity (Wildman–Crippen MR) is 140 cm³/mol. The van der Waals surface area contributed by atoms with Crippen molar-refractivity contribution in [1.29, 1.82) is 5.41 Å². The second-order valence-corrected chi connectivity index (χ2v) is 7.31. The number of nitrogens with zero attached hydrogens (tertiary/aromatic N) is 2. The van der Waals surface area contributed by atoms with Gasteiger partial charge in [-0.15, -0.1) is 13.2 Å². The molecule has 4 rings (SSSR count). The first kappa shape index (κ1) is 24.1. The molecule has 1 heterocycles. The molecule has 0 atom stereocenters. The molecular formula is C27H29N5O2. The number of nitrogens with two attached hydrogens (primary N) is 1. The first-order chi connectivity index (χ1) is 16.5. The highest BCUT2D eigenvalue weighted by Gasteiger charge is 2.23. The molecule has 7 nitrogen and oxygen atoms in total. The number of para-hydroxylation sites is 1. The average molecular weight is 456 g/mol. The highest BCUT2D eigenvalue weighted by atomic mass is 16.5. The molecule has 3 aromatic carbocycles. The van der Waals surface area contributed by atoms with E-state index in [0.29, 0.717) is 40.9 Å². The molecule has 7 heteroatoms. The van der Waals surface area contributed by atoms with Crippen molar-refractivity contribution in [3.8, 4) is 22.9 Å². The molecule has 0 aliphatic heterocycles. The molecule has 34 heavy (non-hydrogen) atoms. The summed E-state index contributed by atoms with van der Waals surface area (Å²) in [5.41, 5.74) is 8.27. The summed E-state index contributed by atoms with van der Waals surface area (Å²) in [6.45, 7) is 10.2. The van der Waals surface area contributed by atoms with Crippen LogP contribution in [0.25, 0.3) is 11.4 Å². The summed E-state index contributed by atoms with van der Waals surface area (Å²) in [6, 6.07) is 23.9. The molecule has 0 aliphatic rings. The van der Waals surface area contributed by atoms with Crippen LogP contribution in [-0.4, -0.2) is 21.4 Å². The van der Waals surface area contributed by atoms with Gasteiger partial charge in [-0.3, -0.25) is 4.57 Å². The third kappa shape index (κ3) is 4.94. The maximum absolute atomic E-state index is 13.6. The summed E-state index contributed by atoms with van der Waals surface area (Å²) in [5.74, 6) is 1.94. The smallest absolute Gasteiger partial charge is 0.339 e. The van der Waals surface area contributed by atoms with Gasteiger partial charge in [0.2, 0.25) is 0 Å². The van der Waals surface area contributed by atoms with Gasteiger partial charge in [0.05, 0.1) is 17.1 Å². The van der Waals surface area contributed by atoms with Crippen molar-refractivity contribution >= 4 is 17.2 Å². The van der Waals surface area contributed by atoms with Gasteiger partial charge in [-0.05, 0) is 68.4 Å². The Morgan fingerprint density at radius 2 is 1.59 bits per heavy atom. The van der Waals surface area contributed by atoms with Crippen LogP contribution < -0.4 is 21.5 Å². The van der Waals surface area contributed by atoms with E-state index in [1.165, 1.54) is 4.57 Å². The van der Waals surface area contributed by atoms with E-state index in [-0.39, 0.29) is 11.4 Å². The molecule has 1 aromatic heterocycles. The van der Waals surface area contributed by atoms with E-state index in [1.54, 1.807) is 29.7 Å². The quantitative estimate of drug-likeness (QED) is 0.191. The number of ether oxygens (including phenoxy) is 1.